The second-order valence-corrected chi connectivity index (χ2v) is 5.90. The molecule has 0 N–H and O–H groups in total. The number of carbonyl (C=O) groups excluding carboxylic acids is 2. The molecule has 1 atom stereocenters. The molecule has 19 heavy (non-hydrogen) atoms. The monoisotopic (exact) mass is 272 g/mol. The van der Waals surface area contributed by atoms with Crippen LogP contribution in [0.1, 0.15) is 40.0 Å². The summed E-state index contributed by atoms with van der Waals surface area (Å²) in [6, 6.07) is 0. The van der Waals surface area contributed by atoms with Crippen molar-refractivity contribution in [2.24, 2.45) is 11.8 Å². The Morgan fingerprint density at radius 3 is 2.26 bits per heavy atom. The van der Waals surface area contributed by atoms with Crippen LogP contribution in [0.15, 0.2) is 0 Å². The van der Waals surface area contributed by atoms with Gasteiger partial charge in [-0.3, -0.25) is 9.59 Å². The first-order valence-corrected chi connectivity index (χ1v) is 6.72. The number of rotatable bonds is 4. The van der Waals surface area contributed by atoms with Gasteiger partial charge in [-0.25, -0.2) is 0 Å². The summed E-state index contributed by atoms with van der Waals surface area (Å²) in [7, 11) is 1.30. The lowest BCUT2D eigenvalue weighted by Crippen LogP contribution is -2.35. The number of ether oxygens (including phenoxy) is 3. The SMILES string of the molecule is COC(=O)C(CC1CCOCC1)C(=O)OC(C)(C)C. The lowest BCUT2D eigenvalue weighted by molar-refractivity contribution is -0.169. The molecule has 1 aliphatic heterocycles. The molecular formula is C14H24O5. The van der Waals surface area contributed by atoms with E-state index in [0.717, 1.165) is 12.8 Å². The van der Waals surface area contributed by atoms with Crippen molar-refractivity contribution in [3.8, 4) is 0 Å². The van der Waals surface area contributed by atoms with Crippen LogP contribution < -0.4 is 0 Å². The van der Waals surface area contributed by atoms with Crippen molar-refractivity contribution >= 4 is 11.9 Å². The molecule has 0 bridgehead atoms. The van der Waals surface area contributed by atoms with Crippen LogP contribution in [0.5, 0.6) is 0 Å². The van der Waals surface area contributed by atoms with Gasteiger partial charge in [-0.1, -0.05) is 0 Å². The molecule has 1 aliphatic rings. The summed E-state index contributed by atoms with van der Waals surface area (Å²) in [5.41, 5.74) is -0.598. The molecule has 0 aliphatic carbocycles. The van der Waals surface area contributed by atoms with Crippen molar-refractivity contribution in [1.29, 1.82) is 0 Å². The Kier molecular flexibility index (Phi) is 5.79. The highest BCUT2D eigenvalue weighted by atomic mass is 16.6. The molecule has 110 valence electrons. The Morgan fingerprint density at radius 1 is 1.21 bits per heavy atom. The Balaban J connectivity index is 2.65. The maximum absolute atomic E-state index is 12.1. The summed E-state index contributed by atoms with van der Waals surface area (Å²) >= 11 is 0. The standard InChI is InChI=1S/C14H24O5/c1-14(2,3)19-13(16)11(12(15)17-4)9-10-5-7-18-8-6-10/h10-11H,5-9H2,1-4H3. The Labute approximate surface area is 114 Å². The first kappa shape index (κ1) is 16.0. The Morgan fingerprint density at radius 2 is 1.79 bits per heavy atom. The molecule has 0 amide bonds. The van der Waals surface area contributed by atoms with Crippen molar-refractivity contribution < 1.29 is 23.8 Å². The van der Waals surface area contributed by atoms with E-state index in [1.54, 1.807) is 20.8 Å². The molecule has 0 radical (unpaired) electrons. The lowest BCUT2D eigenvalue weighted by atomic mass is 9.89. The second-order valence-electron chi connectivity index (χ2n) is 5.90. The number of hydrogen-bond acceptors (Lipinski definition) is 5. The minimum Gasteiger partial charge on any atom is -0.468 e. The summed E-state index contributed by atoms with van der Waals surface area (Å²) in [4.78, 5) is 23.8. The van der Waals surface area contributed by atoms with E-state index in [2.05, 4.69) is 0 Å². The van der Waals surface area contributed by atoms with Gasteiger partial charge in [0.15, 0.2) is 5.92 Å². The van der Waals surface area contributed by atoms with Gasteiger partial charge in [-0.05, 0) is 46.0 Å². The molecular weight excluding hydrogens is 248 g/mol. The van der Waals surface area contributed by atoms with E-state index in [1.807, 2.05) is 0 Å². The van der Waals surface area contributed by atoms with Gasteiger partial charge in [-0.2, -0.15) is 0 Å². The van der Waals surface area contributed by atoms with E-state index in [9.17, 15) is 9.59 Å². The first-order chi connectivity index (χ1) is 8.83. The van der Waals surface area contributed by atoms with Crippen molar-refractivity contribution in [2.75, 3.05) is 20.3 Å². The summed E-state index contributed by atoms with van der Waals surface area (Å²) < 4.78 is 15.3. The fourth-order valence-corrected chi connectivity index (χ4v) is 2.12. The second kappa shape index (κ2) is 6.89. The van der Waals surface area contributed by atoms with Crippen LogP contribution >= 0.6 is 0 Å². The highest BCUT2D eigenvalue weighted by Crippen LogP contribution is 2.25. The zero-order valence-corrected chi connectivity index (χ0v) is 12.2. The van der Waals surface area contributed by atoms with E-state index in [4.69, 9.17) is 14.2 Å². The molecule has 5 heteroatoms. The number of hydrogen-bond donors (Lipinski definition) is 0. The van der Waals surface area contributed by atoms with Crippen LogP contribution in [0.25, 0.3) is 0 Å². The van der Waals surface area contributed by atoms with Gasteiger partial charge in [-0.15, -0.1) is 0 Å². The summed E-state index contributed by atoms with van der Waals surface area (Å²) in [5.74, 6) is -1.52. The van der Waals surface area contributed by atoms with E-state index in [1.165, 1.54) is 7.11 Å². The van der Waals surface area contributed by atoms with E-state index in [0.29, 0.717) is 25.6 Å². The van der Waals surface area contributed by atoms with Gasteiger partial charge >= 0.3 is 11.9 Å². The first-order valence-electron chi connectivity index (χ1n) is 6.72. The van der Waals surface area contributed by atoms with Gasteiger partial charge in [0.25, 0.3) is 0 Å². The Hall–Kier alpha value is -1.10. The average Bonchev–Trinajstić information content (AvgIpc) is 2.34. The number of esters is 2. The van der Waals surface area contributed by atoms with Gasteiger partial charge in [0.05, 0.1) is 7.11 Å². The van der Waals surface area contributed by atoms with Crippen LogP contribution in [0, 0.1) is 11.8 Å². The largest absolute Gasteiger partial charge is 0.468 e. The van der Waals surface area contributed by atoms with Crippen LogP contribution in [-0.4, -0.2) is 37.9 Å². The van der Waals surface area contributed by atoms with Crippen molar-refractivity contribution in [2.45, 2.75) is 45.6 Å². The molecule has 1 saturated heterocycles. The van der Waals surface area contributed by atoms with E-state index >= 15 is 0 Å². The normalized spacial score (nSPS) is 18.7. The summed E-state index contributed by atoms with van der Waals surface area (Å²) in [5, 5.41) is 0. The predicted molar refractivity (Wildman–Crippen MR) is 69.5 cm³/mol. The summed E-state index contributed by atoms with van der Waals surface area (Å²) in [6.07, 6.45) is 2.22. The third kappa shape index (κ3) is 5.59. The minimum absolute atomic E-state index is 0.311. The van der Waals surface area contributed by atoms with E-state index < -0.39 is 23.5 Å². The van der Waals surface area contributed by atoms with Crippen molar-refractivity contribution in [3.05, 3.63) is 0 Å². The number of methoxy groups -OCH3 is 1. The molecule has 1 unspecified atom stereocenters. The average molecular weight is 272 g/mol. The van der Waals surface area contributed by atoms with E-state index in [-0.39, 0.29) is 0 Å². The van der Waals surface area contributed by atoms with Crippen LogP contribution in [0.4, 0.5) is 0 Å². The summed E-state index contributed by atoms with van der Waals surface area (Å²) in [6.45, 7) is 6.73. The lowest BCUT2D eigenvalue weighted by Gasteiger charge is -2.27. The van der Waals surface area contributed by atoms with Crippen LogP contribution in [-0.2, 0) is 23.8 Å². The molecule has 1 heterocycles. The van der Waals surface area contributed by atoms with Crippen LogP contribution in [0.2, 0.25) is 0 Å². The molecule has 0 aromatic carbocycles. The molecule has 0 aromatic rings. The van der Waals surface area contributed by atoms with Gasteiger partial charge in [0, 0.05) is 13.2 Å². The highest BCUT2D eigenvalue weighted by Gasteiger charge is 2.34. The third-order valence-electron chi connectivity index (χ3n) is 3.09. The molecule has 1 rings (SSSR count). The molecule has 0 saturated carbocycles. The topological polar surface area (TPSA) is 61.8 Å². The minimum atomic E-state index is -0.827. The van der Waals surface area contributed by atoms with Crippen LogP contribution in [0.3, 0.4) is 0 Å². The van der Waals surface area contributed by atoms with Crippen molar-refractivity contribution in [3.63, 3.8) is 0 Å². The maximum atomic E-state index is 12.1. The quantitative estimate of drug-likeness (QED) is 0.578. The van der Waals surface area contributed by atoms with Gasteiger partial charge < -0.3 is 14.2 Å². The fraction of sp³-hybridized carbons (Fsp3) is 0.857. The smallest absolute Gasteiger partial charge is 0.320 e. The number of carbonyl (C=O) groups is 2. The Bertz CT molecular complexity index is 312. The third-order valence-corrected chi connectivity index (χ3v) is 3.09. The molecule has 0 spiro atoms. The maximum Gasteiger partial charge on any atom is 0.320 e. The van der Waals surface area contributed by atoms with Gasteiger partial charge in [0.2, 0.25) is 0 Å². The van der Waals surface area contributed by atoms with Crippen molar-refractivity contribution in [1.82, 2.24) is 0 Å². The molecule has 0 aromatic heterocycles. The fourth-order valence-electron chi connectivity index (χ4n) is 2.12. The van der Waals surface area contributed by atoms with Gasteiger partial charge in [0.1, 0.15) is 5.60 Å². The molecule has 1 fully saturated rings. The predicted octanol–water partition coefficient (Wildman–Crippen LogP) is 1.93. The zero-order chi connectivity index (χ0) is 14.5. The highest BCUT2D eigenvalue weighted by molar-refractivity contribution is 5.95. The molecule has 5 nitrogen and oxygen atoms in total. The zero-order valence-electron chi connectivity index (χ0n) is 12.2.